The normalized spacial score (nSPS) is 21.6. The van der Waals surface area contributed by atoms with Crippen molar-refractivity contribution >= 4 is 11.9 Å². The molecule has 2 aliphatic rings. The van der Waals surface area contributed by atoms with E-state index in [1.54, 1.807) is 11.9 Å². The largest absolute Gasteiger partial charge is 0.486 e. The van der Waals surface area contributed by atoms with Crippen LogP contribution in [0.15, 0.2) is 18.2 Å². The summed E-state index contributed by atoms with van der Waals surface area (Å²) in [6, 6.07) is 5.87. The van der Waals surface area contributed by atoms with E-state index in [1.807, 2.05) is 18.2 Å². The van der Waals surface area contributed by atoms with Gasteiger partial charge >= 0.3 is 5.97 Å². The summed E-state index contributed by atoms with van der Waals surface area (Å²) in [5.74, 6) is 0.991. The number of hydrogen-bond donors (Lipinski definition) is 1. The Bertz CT molecular complexity index is 615. The molecule has 3 rings (SSSR count). The summed E-state index contributed by atoms with van der Waals surface area (Å²) in [6.45, 7) is 1.60. The highest BCUT2D eigenvalue weighted by atomic mass is 16.6. The van der Waals surface area contributed by atoms with E-state index < -0.39 is 5.97 Å². The van der Waals surface area contributed by atoms with Gasteiger partial charge in [0.25, 0.3) is 0 Å². The fourth-order valence-electron chi connectivity index (χ4n) is 2.99. The molecule has 6 nitrogen and oxygen atoms in total. The average molecular weight is 319 g/mol. The van der Waals surface area contributed by atoms with E-state index in [1.165, 1.54) is 0 Å². The second kappa shape index (κ2) is 6.48. The number of fused-ring (bicyclic) bond motifs is 1. The van der Waals surface area contributed by atoms with Gasteiger partial charge < -0.3 is 19.5 Å². The van der Waals surface area contributed by atoms with Crippen molar-refractivity contribution in [2.75, 3.05) is 26.8 Å². The van der Waals surface area contributed by atoms with Crippen LogP contribution in [-0.4, -0.2) is 48.7 Å². The lowest BCUT2D eigenvalue weighted by Gasteiger charge is -2.19. The fraction of sp³-hybridized carbons (Fsp3) is 0.529. The molecule has 0 radical (unpaired) electrons. The van der Waals surface area contributed by atoms with Crippen LogP contribution in [0.2, 0.25) is 0 Å². The molecule has 1 aromatic carbocycles. The van der Waals surface area contributed by atoms with Gasteiger partial charge in [-0.3, -0.25) is 9.59 Å². The molecule has 1 aliphatic heterocycles. The van der Waals surface area contributed by atoms with Crippen molar-refractivity contribution in [3.63, 3.8) is 0 Å². The lowest BCUT2D eigenvalue weighted by Crippen LogP contribution is -2.29. The molecule has 1 fully saturated rings. The van der Waals surface area contributed by atoms with Gasteiger partial charge in [-0.1, -0.05) is 6.07 Å². The molecular weight excluding hydrogens is 298 g/mol. The molecule has 1 aromatic rings. The molecule has 1 N–H and O–H groups in total. The Morgan fingerprint density at radius 2 is 2.00 bits per heavy atom. The minimum Gasteiger partial charge on any atom is -0.486 e. The minimum atomic E-state index is -0.827. The topological polar surface area (TPSA) is 76.1 Å². The van der Waals surface area contributed by atoms with Crippen LogP contribution in [0.25, 0.3) is 0 Å². The van der Waals surface area contributed by atoms with E-state index in [-0.39, 0.29) is 24.2 Å². The van der Waals surface area contributed by atoms with Crippen LogP contribution in [0.3, 0.4) is 0 Å². The van der Waals surface area contributed by atoms with Crippen molar-refractivity contribution in [3.05, 3.63) is 23.8 Å². The molecule has 6 heteroatoms. The summed E-state index contributed by atoms with van der Waals surface area (Å²) in [5, 5.41) is 8.65. The summed E-state index contributed by atoms with van der Waals surface area (Å²) in [5.41, 5.74) is 1.10. The fourth-order valence-corrected chi connectivity index (χ4v) is 2.99. The molecule has 2 atom stereocenters. The highest BCUT2D eigenvalue weighted by molar-refractivity contribution is 5.83. The van der Waals surface area contributed by atoms with E-state index in [2.05, 4.69) is 0 Å². The first-order chi connectivity index (χ1) is 11.1. The van der Waals surface area contributed by atoms with E-state index >= 15 is 0 Å². The number of amides is 1. The predicted octanol–water partition coefficient (Wildman–Crippen LogP) is 1.88. The Morgan fingerprint density at radius 1 is 1.26 bits per heavy atom. The first-order valence-corrected chi connectivity index (χ1v) is 7.92. The second-order valence-corrected chi connectivity index (χ2v) is 6.11. The number of nitrogens with zero attached hydrogens (tertiary/aromatic N) is 1. The molecule has 0 spiro atoms. The van der Waals surface area contributed by atoms with Crippen molar-refractivity contribution in [2.45, 2.75) is 25.2 Å². The molecule has 1 aliphatic carbocycles. The van der Waals surface area contributed by atoms with Crippen molar-refractivity contribution in [1.82, 2.24) is 4.90 Å². The maximum Gasteiger partial charge on any atom is 0.303 e. The first kappa shape index (κ1) is 15.6. The van der Waals surface area contributed by atoms with Crippen LogP contribution >= 0.6 is 0 Å². The Balaban J connectivity index is 1.56. The van der Waals surface area contributed by atoms with Gasteiger partial charge in [0, 0.05) is 25.9 Å². The van der Waals surface area contributed by atoms with Crippen LogP contribution in [0.1, 0.15) is 30.7 Å². The molecule has 2 unspecified atom stereocenters. The number of carboxylic acid groups (broad SMARTS) is 1. The van der Waals surface area contributed by atoms with Gasteiger partial charge in [-0.2, -0.15) is 0 Å². The molecule has 1 amide bonds. The molecule has 0 saturated heterocycles. The quantitative estimate of drug-likeness (QED) is 0.866. The summed E-state index contributed by atoms with van der Waals surface area (Å²) in [4.78, 5) is 24.5. The van der Waals surface area contributed by atoms with Gasteiger partial charge in [0.15, 0.2) is 11.5 Å². The van der Waals surface area contributed by atoms with Gasteiger partial charge in [-0.05, 0) is 36.5 Å². The number of hydrogen-bond acceptors (Lipinski definition) is 4. The van der Waals surface area contributed by atoms with Crippen LogP contribution in [0, 0.1) is 5.92 Å². The third kappa shape index (κ3) is 3.57. The standard InChI is InChI=1S/C17H21NO5/c1-18(6-2-3-16(19)20)17(21)13-10-12(13)11-4-5-14-15(9-11)23-8-7-22-14/h4-5,9,12-13H,2-3,6-8,10H2,1H3,(H,19,20). The Morgan fingerprint density at radius 3 is 2.74 bits per heavy atom. The molecule has 0 aromatic heterocycles. The summed E-state index contributed by atoms with van der Waals surface area (Å²) < 4.78 is 11.1. The number of carboxylic acids is 1. The van der Waals surface area contributed by atoms with Crippen molar-refractivity contribution in [1.29, 1.82) is 0 Å². The van der Waals surface area contributed by atoms with Crippen molar-refractivity contribution in [2.24, 2.45) is 5.92 Å². The van der Waals surface area contributed by atoms with Crippen molar-refractivity contribution < 1.29 is 24.2 Å². The van der Waals surface area contributed by atoms with Crippen molar-refractivity contribution in [3.8, 4) is 11.5 Å². The first-order valence-electron chi connectivity index (χ1n) is 7.92. The Labute approximate surface area is 135 Å². The third-order valence-corrected chi connectivity index (χ3v) is 4.36. The maximum absolute atomic E-state index is 12.4. The zero-order chi connectivity index (χ0) is 16.4. The maximum atomic E-state index is 12.4. The lowest BCUT2D eigenvalue weighted by molar-refractivity contribution is -0.138. The number of ether oxygens (including phenoxy) is 2. The van der Waals surface area contributed by atoms with E-state index in [4.69, 9.17) is 14.6 Å². The monoisotopic (exact) mass is 319 g/mol. The molecular formula is C17H21NO5. The number of carbonyl (C=O) groups is 2. The van der Waals surface area contributed by atoms with Gasteiger partial charge in [0.05, 0.1) is 0 Å². The van der Waals surface area contributed by atoms with E-state index in [0.29, 0.717) is 26.2 Å². The highest BCUT2D eigenvalue weighted by Gasteiger charge is 2.45. The highest BCUT2D eigenvalue weighted by Crippen LogP contribution is 2.50. The summed E-state index contributed by atoms with van der Waals surface area (Å²) in [6.07, 6.45) is 1.41. The van der Waals surface area contributed by atoms with Crippen LogP contribution in [0.4, 0.5) is 0 Å². The van der Waals surface area contributed by atoms with Gasteiger partial charge in [0.1, 0.15) is 13.2 Å². The number of aliphatic carboxylic acids is 1. The smallest absolute Gasteiger partial charge is 0.303 e. The SMILES string of the molecule is CN(CCCC(=O)O)C(=O)C1CC1c1ccc2c(c1)OCCO2. The molecule has 1 saturated carbocycles. The third-order valence-electron chi connectivity index (χ3n) is 4.36. The van der Waals surface area contributed by atoms with Gasteiger partial charge in [-0.25, -0.2) is 0 Å². The lowest BCUT2D eigenvalue weighted by atomic mass is 10.1. The zero-order valence-corrected chi connectivity index (χ0v) is 13.2. The molecule has 1 heterocycles. The summed E-state index contributed by atoms with van der Waals surface area (Å²) in [7, 11) is 1.74. The zero-order valence-electron chi connectivity index (χ0n) is 13.2. The van der Waals surface area contributed by atoms with Gasteiger partial charge in [0.2, 0.25) is 5.91 Å². The molecule has 23 heavy (non-hydrogen) atoms. The van der Waals surface area contributed by atoms with Crippen LogP contribution in [-0.2, 0) is 9.59 Å². The summed E-state index contributed by atoms with van der Waals surface area (Å²) >= 11 is 0. The number of rotatable bonds is 6. The molecule has 0 bridgehead atoms. The van der Waals surface area contributed by atoms with Gasteiger partial charge in [-0.15, -0.1) is 0 Å². The van der Waals surface area contributed by atoms with E-state index in [0.717, 1.165) is 23.5 Å². The number of benzene rings is 1. The Kier molecular flexibility index (Phi) is 4.41. The molecule has 124 valence electrons. The van der Waals surface area contributed by atoms with Crippen LogP contribution < -0.4 is 9.47 Å². The second-order valence-electron chi connectivity index (χ2n) is 6.11. The predicted molar refractivity (Wildman–Crippen MR) is 82.8 cm³/mol. The minimum absolute atomic E-state index is 0.00705. The number of carbonyl (C=O) groups excluding carboxylic acids is 1. The van der Waals surface area contributed by atoms with Crippen LogP contribution in [0.5, 0.6) is 11.5 Å². The Hall–Kier alpha value is -2.24. The van der Waals surface area contributed by atoms with E-state index in [9.17, 15) is 9.59 Å². The average Bonchev–Trinajstić information content (AvgIpc) is 3.33.